The Morgan fingerprint density at radius 1 is 0.912 bits per heavy atom. The van der Waals surface area contributed by atoms with Crippen molar-refractivity contribution < 1.29 is 14.2 Å². The van der Waals surface area contributed by atoms with Gasteiger partial charge in [-0.2, -0.15) is 0 Å². The highest BCUT2D eigenvalue weighted by Crippen LogP contribution is 2.49. The molecule has 0 radical (unpaired) electrons. The fourth-order valence-electron chi connectivity index (χ4n) is 5.09. The van der Waals surface area contributed by atoms with E-state index < -0.39 is 0 Å². The molecule has 0 bridgehead atoms. The average Bonchev–Trinajstić information content (AvgIpc) is 3.29. The van der Waals surface area contributed by atoms with Gasteiger partial charge in [-0.1, -0.05) is 35.9 Å². The van der Waals surface area contributed by atoms with Gasteiger partial charge in [0.05, 0.1) is 32.9 Å². The standard InChI is InChI=1S/C27H30ClN3O3/c1-4-34-20-11-7-18(8-12-20)26-22-16-31(15-17-5-9-19(28)10-6-17)23-14-25(33-3)24(32-2)13-21(23)27(22)30-29-26/h5-14,22,26-27,29-30H,4,15-16H2,1-3H3. The normalized spacial score (nSPS) is 21.1. The van der Waals surface area contributed by atoms with E-state index in [1.807, 2.05) is 31.2 Å². The molecule has 3 aromatic carbocycles. The van der Waals surface area contributed by atoms with Crippen LogP contribution in [0.1, 0.15) is 35.7 Å². The van der Waals surface area contributed by atoms with Gasteiger partial charge in [-0.25, -0.2) is 10.9 Å². The zero-order chi connectivity index (χ0) is 23.7. The number of nitrogens with one attached hydrogen (secondary N) is 2. The van der Waals surface area contributed by atoms with E-state index in [2.05, 4.69) is 52.1 Å². The maximum atomic E-state index is 6.13. The van der Waals surface area contributed by atoms with Gasteiger partial charge in [-0.3, -0.25) is 0 Å². The molecule has 2 aliphatic rings. The number of rotatable bonds is 7. The van der Waals surface area contributed by atoms with Crippen molar-refractivity contribution in [2.75, 3.05) is 32.3 Å². The monoisotopic (exact) mass is 479 g/mol. The van der Waals surface area contributed by atoms with Gasteiger partial charge in [0.2, 0.25) is 0 Å². The Balaban J connectivity index is 1.51. The molecular formula is C27H30ClN3O3. The molecule has 1 fully saturated rings. The number of halogens is 1. The van der Waals surface area contributed by atoms with E-state index in [1.54, 1.807) is 14.2 Å². The largest absolute Gasteiger partial charge is 0.494 e. The first-order chi connectivity index (χ1) is 16.6. The first kappa shape index (κ1) is 22.8. The lowest BCUT2D eigenvalue weighted by Gasteiger charge is -2.39. The van der Waals surface area contributed by atoms with E-state index >= 15 is 0 Å². The molecule has 0 aliphatic carbocycles. The van der Waals surface area contributed by atoms with E-state index in [4.69, 9.17) is 25.8 Å². The molecule has 0 aromatic heterocycles. The highest BCUT2D eigenvalue weighted by atomic mass is 35.5. The third-order valence-electron chi connectivity index (χ3n) is 6.73. The van der Waals surface area contributed by atoms with Crippen LogP contribution in [0, 0.1) is 5.92 Å². The van der Waals surface area contributed by atoms with Crippen molar-refractivity contribution >= 4 is 17.3 Å². The van der Waals surface area contributed by atoms with Crippen LogP contribution in [-0.2, 0) is 6.54 Å². The molecule has 34 heavy (non-hydrogen) atoms. The van der Waals surface area contributed by atoms with Gasteiger partial charge in [0.1, 0.15) is 5.75 Å². The number of methoxy groups -OCH3 is 2. The minimum Gasteiger partial charge on any atom is -0.494 e. The van der Waals surface area contributed by atoms with E-state index in [0.29, 0.717) is 12.5 Å². The molecule has 5 rings (SSSR count). The molecule has 6 nitrogen and oxygen atoms in total. The summed E-state index contributed by atoms with van der Waals surface area (Å²) in [6.07, 6.45) is 0. The van der Waals surface area contributed by atoms with Crippen molar-refractivity contribution in [1.29, 1.82) is 0 Å². The molecular weight excluding hydrogens is 450 g/mol. The highest BCUT2D eigenvalue weighted by Gasteiger charge is 2.43. The molecule has 0 saturated carbocycles. The topological polar surface area (TPSA) is 55.0 Å². The number of nitrogens with zero attached hydrogens (tertiary/aromatic N) is 1. The van der Waals surface area contributed by atoms with Gasteiger partial charge in [-0.05, 0) is 53.9 Å². The molecule has 3 unspecified atom stereocenters. The maximum Gasteiger partial charge on any atom is 0.162 e. The van der Waals surface area contributed by atoms with Crippen LogP contribution in [0.2, 0.25) is 5.02 Å². The number of hydrogen-bond donors (Lipinski definition) is 2. The first-order valence-electron chi connectivity index (χ1n) is 11.6. The van der Waals surface area contributed by atoms with Gasteiger partial charge in [0.15, 0.2) is 11.5 Å². The molecule has 2 heterocycles. The number of hydrogen-bond acceptors (Lipinski definition) is 6. The number of ether oxygens (including phenoxy) is 3. The van der Waals surface area contributed by atoms with Gasteiger partial charge in [0, 0.05) is 35.8 Å². The molecule has 2 aliphatic heterocycles. The fourth-order valence-corrected chi connectivity index (χ4v) is 5.22. The quantitative estimate of drug-likeness (QED) is 0.480. The van der Waals surface area contributed by atoms with Crippen LogP contribution in [0.15, 0.2) is 60.7 Å². The summed E-state index contributed by atoms with van der Waals surface area (Å²) in [4.78, 5) is 2.43. The lowest BCUT2D eigenvalue weighted by molar-refractivity contribution is 0.339. The van der Waals surface area contributed by atoms with Gasteiger partial charge >= 0.3 is 0 Å². The van der Waals surface area contributed by atoms with E-state index in [-0.39, 0.29) is 12.1 Å². The summed E-state index contributed by atoms with van der Waals surface area (Å²) >= 11 is 6.13. The summed E-state index contributed by atoms with van der Waals surface area (Å²) < 4.78 is 16.9. The molecule has 178 valence electrons. The van der Waals surface area contributed by atoms with Gasteiger partial charge < -0.3 is 19.1 Å². The van der Waals surface area contributed by atoms with E-state index in [9.17, 15) is 0 Å². The Morgan fingerprint density at radius 2 is 1.59 bits per heavy atom. The summed E-state index contributed by atoms with van der Waals surface area (Å²) in [5, 5.41) is 0.744. The molecule has 0 amide bonds. The average molecular weight is 480 g/mol. The Labute approximate surface area is 205 Å². The Kier molecular flexibility index (Phi) is 6.55. The van der Waals surface area contributed by atoms with Gasteiger partial charge in [-0.15, -0.1) is 0 Å². The minimum absolute atomic E-state index is 0.146. The lowest BCUT2D eigenvalue weighted by atomic mass is 9.81. The molecule has 3 aromatic rings. The van der Waals surface area contributed by atoms with Crippen LogP contribution in [0.25, 0.3) is 0 Å². The van der Waals surface area contributed by atoms with Crippen LogP contribution in [-0.4, -0.2) is 27.4 Å². The zero-order valence-electron chi connectivity index (χ0n) is 19.7. The molecule has 0 spiro atoms. The molecule has 2 N–H and O–H groups in total. The smallest absolute Gasteiger partial charge is 0.162 e. The first-order valence-corrected chi connectivity index (χ1v) is 12.0. The second-order valence-corrected chi connectivity index (χ2v) is 9.12. The van der Waals surface area contributed by atoms with Crippen LogP contribution in [0.5, 0.6) is 17.2 Å². The highest BCUT2D eigenvalue weighted by molar-refractivity contribution is 6.30. The lowest BCUT2D eigenvalue weighted by Crippen LogP contribution is -2.39. The summed E-state index contributed by atoms with van der Waals surface area (Å²) in [6.45, 7) is 4.32. The Morgan fingerprint density at radius 3 is 2.26 bits per heavy atom. The van der Waals surface area contributed by atoms with Gasteiger partial charge in [0.25, 0.3) is 0 Å². The predicted octanol–water partition coefficient (Wildman–Crippen LogP) is 5.28. The van der Waals surface area contributed by atoms with Crippen molar-refractivity contribution in [3.8, 4) is 17.2 Å². The summed E-state index contributed by atoms with van der Waals surface area (Å²) in [7, 11) is 3.36. The van der Waals surface area contributed by atoms with Crippen LogP contribution in [0.3, 0.4) is 0 Å². The third-order valence-corrected chi connectivity index (χ3v) is 6.98. The Bertz CT molecular complexity index is 1140. The summed E-state index contributed by atoms with van der Waals surface area (Å²) in [6, 6.07) is 21.0. The summed E-state index contributed by atoms with van der Waals surface area (Å²) in [5.74, 6) is 2.68. The Hall–Kier alpha value is -2.93. The second-order valence-electron chi connectivity index (χ2n) is 8.68. The fraction of sp³-hybridized carbons (Fsp3) is 0.333. The van der Waals surface area contributed by atoms with Crippen molar-refractivity contribution in [1.82, 2.24) is 10.9 Å². The van der Waals surface area contributed by atoms with E-state index in [1.165, 1.54) is 16.7 Å². The predicted molar refractivity (Wildman–Crippen MR) is 135 cm³/mol. The SMILES string of the molecule is CCOc1ccc(C2NNC3c4cc(OC)c(OC)cc4N(Cc4ccc(Cl)cc4)CC23)cc1. The number of fused-ring (bicyclic) bond motifs is 3. The zero-order valence-corrected chi connectivity index (χ0v) is 20.4. The maximum absolute atomic E-state index is 6.13. The van der Waals surface area contributed by atoms with Crippen LogP contribution < -0.4 is 30.0 Å². The summed E-state index contributed by atoms with van der Waals surface area (Å²) in [5.41, 5.74) is 11.9. The van der Waals surface area contributed by atoms with Crippen molar-refractivity contribution in [3.05, 3.63) is 82.4 Å². The second kappa shape index (κ2) is 9.74. The molecule has 7 heteroatoms. The minimum atomic E-state index is 0.146. The van der Waals surface area contributed by atoms with Crippen molar-refractivity contribution in [2.45, 2.75) is 25.6 Å². The van der Waals surface area contributed by atoms with Crippen molar-refractivity contribution in [2.24, 2.45) is 5.92 Å². The number of anilines is 1. The third kappa shape index (κ3) is 4.29. The van der Waals surface area contributed by atoms with Crippen molar-refractivity contribution in [3.63, 3.8) is 0 Å². The molecule has 3 atom stereocenters. The number of benzene rings is 3. The van der Waals surface area contributed by atoms with Crippen LogP contribution >= 0.6 is 11.6 Å². The van der Waals surface area contributed by atoms with Crippen LogP contribution in [0.4, 0.5) is 5.69 Å². The van der Waals surface area contributed by atoms with E-state index in [0.717, 1.165) is 41.0 Å². The number of hydrazine groups is 1. The molecule has 1 saturated heterocycles.